The fourth-order valence-electron chi connectivity index (χ4n) is 2.40. The first-order valence-electron chi connectivity index (χ1n) is 6.46. The van der Waals surface area contributed by atoms with Crippen LogP contribution in [0.4, 0.5) is 5.82 Å². The number of aromatic nitrogens is 4. The highest BCUT2D eigenvalue weighted by atomic mass is 79.9. The monoisotopic (exact) mass is 353 g/mol. The zero-order valence-corrected chi connectivity index (χ0v) is 13.9. The summed E-state index contributed by atoms with van der Waals surface area (Å²) in [6, 6.07) is 0. The van der Waals surface area contributed by atoms with Gasteiger partial charge in [0.25, 0.3) is 0 Å². The highest BCUT2D eigenvalue weighted by molar-refractivity contribution is 9.10. The number of imidazole rings is 1. The minimum atomic E-state index is 0.655. The summed E-state index contributed by atoms with van der Waals surface area (Å²) in [4.78, 5) is 15.4. The lowest BCUT2D eigenvalue weighted by Gasteiger charge is -2.40. The van der Waals surface area contributed by atoms with E-state index in [0.717, 1.165) is 40.9 Å². The fraction of sp³-hybridized carbons (Fsp3) is 0.462. The third-order valence-corrected chi connectivity index (χ3v) is 4.64. The van der Waals surface area contributed by atoms with E-state index in [9.17, 15) is 0 Å². The Kier molecular flexibility index (Phi) is 3.98. The van der Waals surface area contributed by atoms with E-state index in [1.165, 1.54) is 0 Å². The van der Waals surface area contributed by atoms with E-state index in [1.54, 1.807) is 11.8 Å². The van der Waals surface area contributed by atoms with Gasteiger partial charge in [-0.1, -0.05) is 11.8 Å². The van der Waals surface area contributed by atoms with E-state index in [1.807, 2.05) is 31.8 Å². The van der Waals surface area contributed by atoms with E-state index < -0.39 is 0 Å². The molecule has 2 aromatic heterocycles. The van der Waals surface area contributed by atoms with E-state index >= 15 is 0 Å². The van der Waals surface area contributed by atoms with E-state index in [2.05, 4.69) is 40.3 Å². The van der Waals surface area contributed by atoms with Crippen LogP contribution < -0.4 is 4.90 Å². The van der Waals surface area contributed by atoms with Gasteiger partial charge in [-0.3, -0.25) is 0 Å². The molecule has 3 rings (SSSR count). The van der Waals surface area contributed by atoms with E-state index in [0.29, 0.717) is 5.92 Å². The van der Waals surface area contributed by atoms with Gasteiger partial charge in [-0.05, 0) is 29.1 Å². The smallest absolute Gasteiger partial charge is 0.189 e. The molecule has 0 bridgehead atoms. The van der Waals surface area contributed by atoms with Crippen LogP contribution in [0, 0.1) is 12.8 Å². The molecule has 0 radical (unpaired) electrons. The van der Waals surface area contributed by atoms with Crippen molar-refractivity contribution in [3.8, 4) is 0 Å². The average Bonchev–Trinajstić information content (AvgIpc) is 2.80. The maximum atomic E-state index is 4.57. The molecule has 0 saturated carbocycles. The molecule has 0 atom stereocenters. The van der Waals surface area contributed by atoms with Gasteiger partial charge in [-0.15, -0.1) is 0 Å². The van der Waals surface area contributed by atoms with Crippen molar-refractivity contribution in [1.29, 1.82) is 0 Å². The lowest BCUT2D eigenvalue weighted by atomic mass is 10.0. The van der Waals surface area contributed by atoms with Gasteiger partial charge in [-0.25, -0.2) is 15.0 Å². The Balaban J connectivity index is 1.64. The molecule has 0 N–H and O–H groups in total. The fourth-order valence-corrected chi connectivity index (χ4v) is 3.17. The van der Waals surface area contributed by atoms with Crippen LogP contribution in [-0.2, 0) is 6.54 Å². The summed E-state index contributed by atoms with van der Waals surface area (Å²) in [5.74, 6) is 2.74. The predicted molar refractivity (Wildman–Crippen MR) is 84.2 cm³/mol. The summed E-state index contributed by atoms with van der Waals surface area (Å²) in [7, 11) is 0. The molecule has 1 saturated heterocycles. The van der Waals surface area contributed by atoms with Crippen LogP contribution in [0.5, 0.6) is 0 Å². The Labute approximate surface area is 131 Å². The van der Waals surface area contributed by atoms with Crippen LogP contribution in [0.3, 0.4) is 0 Å². The third-order valence-electron chi connectivity index (χ3n) is 3.52. The second-order valence-corrected chi connectivity index (χ2v) is 6.55. The van der Waals surface area contributed by atoms with Crippen molar-refractivity contribution in [2.45, 2.75) is 18.6 Å². The largest absolute Gasteiger partial charge is 0.355 e. The normalized spacial score (nSPS) is 15.4. The van der Waals surface area contributed by atoms with E-state index in [-0.39, 0.29) is 0 Å². The van der Waals surface area contributed by atoms with Crippen molar-refractivity contribution in [3.05, 3.63) is 28.9 Å². The molecule has 1 aliphatic heterocycles. The van der Waals surface area contributed by atoms with Crippen molar-refractivity contribution in [1.82, 2.24) is 19.5 Å². The minimum absolute atomic E-state index is 0.655. The number of halogens is 1. The molecule has 0 unspecified atom stereocenters. The molecule has 0 spiro atoms. The van der Waals surface area contributed by atoms with Crippen molar-refractivity contribution in [3.63, 3.8) is 0 Å². The molecule has 0 amide bonds. The molecule has 1 aliphatic rings. The number of rotatable bonds is 4. The average molecular weight is 354 g/mol. The van der Waals surface area contributed by atoms with Crippen LogP contribution >= 0.6 is 27.7 Å². The molecule has 5 nitrogen and oxygen atoms in total. The topological polar surface area (TPSA) is 46.8 Å². The van der Waals surface area contributed by atoms with Crippen LogP contribution in [0.25, 0.3) is 0 Å². The van der Waals surface area contributed by atoms with E-state index in [4.69, 9.17) is 0 Å². The van der Waals surface area contributed by atoms with Crippen LogP contribution in [0.2, 0.25) is 0 Å². The maximum absolute atomic E-state index is 4.57. The molecule has 0 aliphatic carbocycles. The molecule has 2 aromatic rings. The van der Waals surface area contributed by atoms with Crippen LogP contribution in [0.1, 0.15) is 5.82 Å². The summed E-state index contributed by atoms with van der Waals surface area (Å²) < 4.78 is 3.18. The molecular formula is C13H16BrN5S. The molecular weight excluding hydrogens is 338 g/mol. The number of hydrogen-bond donors (Lipinski definition) is 0. The van der Waals surface area contributed by atoms with Gasteiger partial charge >= 0.3 is 0 Å². The minimum Gasteiger partial charge on any atom is -0.355 e. The van der Waals surface area contributed by atoms with Gasteiger partial charge in [0.2, 0.25) is 0 Å². The number of thioether (sulfide) groups is 1. The van der Waals surface area contributed by atoms with Crippen molar-refractivity contribution >= 4 is 33.5 Å². The summed E-state index contributed by atoms with van der Waals surface area (Å²) in [5, 5.41) is 0.817. The van der Waals surface area contributed by atoms with Gasteiger partial charge in [0, 0.05) is 44.1 Å². The SMILES string of the molecule is CSc1ncc(Br)c(N2CC(Cn3ccnc3C)C2)n1. The zero-order valence-electron chi connectivity index (χ0n) is 11.5. The van der Waals surface area contributed by atoms with Gasteiger partial charge in [-0.2, -0.15) is 0 Å². The second kappa shape index (κ2) is 5.73. The summed E-state index contributed by atoms with van der Waals surface area (Å²) in [5.41, 5.74) is 0. The molecule has 3 heterocycles. The molecule has 1 fully saturated rings. The van der Waals surface area contributed by atoms with Crippen LogP contribution in [-0.4, -0.2) is 38.9 Å². The summed E-state index contributed by atoms with van der Waals surface area (Å²) in [6.07, 6.45) is 7.73. The first kappa shape index (κ1) is 13.9. The molecule has 0 aromatic carbocycles. The van der Waals surface area contributed by atoms with Gasteiger partial charge < -0.3 is 9.47 Å². The third kappa shape index (κ3) is 2.69. The van der Waals surface area contributed by atoms with Crippen molar-refractivity contribution in [2.75, 3.05) is 24.2 Å². The Morgan fingerprint density at radius 3 is 2.85 bits per heavy atom. The van der Waals surface area contributed by atoms with Crippen molar-refractivity contribution < 1.29 is 0 Å². The molecule has 106 valence electrons. The lowest BCUT2D eigenvalue weighted by molar-refractivity contribution is 0.351. The zero-order chi connectivity index (χ0) is 14.1. The highest BCUT2D eigenvalue weighted by Gasteiger charge is 2.29. The number of nitrogens with zero attached hydrogens (tertiary/aromatic N) is 5. The van der Waals surface area contributed by atoms with Crippen LogP contribution in [0.15, 0.2) is 28.2 Å². The predicted octanol–water partition coefficient (Wildman–Crippen LogP) is 2.60. The Bertz CT molecular complexity index is 609. The lowest BCUT2D eigenvalue weighted by Crippen LogP contribution is -2.49. The van der Waals surface area contributed by atoms with Gasteiger partial charge in [0.1, 0.15) is 11.6 Å². The Morgan fingerprint density at radius 2 is 2.20 bits per heavy atom. The quantitative estimate of drug-likeness (QED) is 0.624. The Hall–Kier alpha value is -1.08. The first-order chi connectivity index (χ1) is 9.67. The van der Waals surface area contributed by atoms with Gasteiger partial charge in [0.05, 0.1) is 4.47 Å². The summed E-state index contributed by atoms with van der Waals surface area (Å²) in [6.45, 7) is 5.13. The molecule has 7 heteroatoms. The standard InChI is InChI=1S/C13H16BrN5S/c1-9-15-3-4-18(9)6-10-7-19(8-10)12-11(14)5-16-13(17-12)20-2/h3-5,10H,6-8H2,1-2H3. The molecule has 20 heavy (non-hydrogen) atoms. The maximum Gasteiger partial charge on any atom is 0.189 e. The number of hydrogen-bond acceptors (Lipinski definition) is 5. The number of aryl methyl sites for hydroxylation is 1. The highest BCUT2D eigenvalue weighted by Crippen LogP contribution is 2.31. The van der Waals surface area contributed by atoms with Crippen molar-refractivity contribution in [2.24, 2.45) is 5.92 Å². The number of anilines is 1. The Morgan fingerprint density at radius 1 is 1.40 bits per heavy atom. The first-order valence-corrected chi connectivity index (χ1v) is 8.48. The second-order valence-electron chi connectivity index (χ2n) is 4.93. The summed E-state index contributed by atoms with van der Waals surface area (Å²) >= 11 is 5.10. The van der Waals surface area contributed by atoms with Gasteiger partial charge in [0.15, 0.2) is 5.16 Å².